The fourth-order valence-corrected chi connectivity index (χ4v) is 3.39. The first-order chi connectivity index (χ1) is 7.16. The van der Waals surface area contributed by atoms with Crippen molar-refractivity contribution in [1.29, 1.82) is 0 Å². The van der Waals surface area contributed by atoms with Crippen molar-refractivity contribution in [3.05, 3.63) is 11.1 Å². The molecule has 2 rings (SSSR count). The lowest BCUT2D eigenvalue weighted by atomic mass is 9.74. The highest BCUT2D eigenvalue weighted by atomic mass is 32.1. The molecule has 84 valence electrons. The Morgan fingerprint density at radius 2 is 2.00 bits per heavy atom. The van der Waals surface area contributed by atoms with E-state index in [1.165, 1.54) is 18.0 Å². The predicted molar refractivity (Wildman–Crippen MR) is 60.5 cm³/mol. The second-order valence-corrected chi connectivity index (χ2v) is 5.76. The zero-order valence-corrected chi connectivity index (χ0v) is 10.1. The highest BCUT2D eigenvalue weighted by Crippen LogP contribution is 2.40. The summed E-state index contributed by atoms with van der Waals surface area (Å²) in [5, 5.41) is 14.0. The third kappa shape index (κ3) is 2.55. The molecule has 0 radical (unpaired) electrons. The maximum absolute atomic E-state index is 10.2. The molecule has 1 aromatic rings. The molecule has 1 N–H and O–H groups in total. The molecule has 4 heteroatoms. The first-order valence-electron chi connectivity index (χ1n) is 5.62. The first kappa shape index (κ1) is 11.0. The summed E-state index contributed by atoms with van der Waals surface area (Å²) in [5.74, 6) is 1.86. The van der Waals surface area contributed by atoms with E-state index in [1.807, 2.05) is 0 Å². The number of aromatic nitrogens is 2. The minimum absolute atomic E-state index is 0.352. The zero-order chi connectivity index (χ0) is 10.8. The van der Waals surface area contributed by atoms with Crippen molar-refractivity contribution in [3.8, 4) is 0 Å². The Kier molecular flexibility index (Phi) is 3.36. The van der Waals surface area contributed by atoms with E-state index >= 15 is 0 Å². The number of hydrogen-bond donors (Lipinski definition) is 1. The molecule has 0 spiro atoms. The molecular weight excluding hydrogens is 208 g/mol. The zero-order valence-electron chi connectivity index (χ0n) is 9.26. The summed E-state index contributed by atoms with van der Waals surface area (Å²) in [6, 6.07) is 0. The van der Waals surface area contributed by atoms with E-state index in [0.29, 0.717) is 5.92 Å². The molecule has 1 heterocycles. The summed E-state index contributed by atoms with van der Waals surface area (Å²) in [5.41, 5.74) is 0. The first-order valence-corrected chi connectivity index (χ1v) is 6.39. The lowest BCUT2D eigenvalue weighted by Crippen LogP contribution is -2.24. The maximum atomic E-state index is 10.2. The number of rotatable bonds is 2. The van der Waals surface area contributed by atoms with Gasteiger partial charge in [-0.25, -0.2) is 0 Å². The van der Waals surface area contributed by atoms with Crippen LogP contribution in [-0.2, 0) is 0 Å². The second-order valence-electron chi connectivity index (χ2n) is 4.94. The van der Waals surface area contributed by atoms with Crippen LogP contribution >= 0.6 is 11.5 Å². The van der Waals surface area contributed by atoms with Crippen molar-refractivity contribution in [3.63, 3.8) is 0 Å². The maximum Gasteiger partial charge on any atom is 0.0942 e. The van der Waals surface area contributed by atoms with Gasteiger partial charge in [-0.05, 0) is 48.5 Å². The van der Waals surface area contributed by atoms with Crippen LogP contribution in [0.3, 0.4) is 0 Å². The van der Waals surface area contributed by atoms with Crippen molar-refractivity contribution < 1.29 is 5.11 Å². The highest BCUT2D eigenvalue weighted by molar-refractivity contribution is 7.05. The van der Waals surface area contributed by atoms with Gasteiger partial charge < -0.3 is 5.11 Å². The Labute approximate surface area is 94.7 Å². The van der Waals surface area contributed by atoms with Crippen LogP contribution in [0, 0.1) is 17.8 Å². The van der Waals surface area contributed by atoms with Gasteiger partial charge in [-0.15, -0.1) is 5.10 Å². The van der Waals surface area contributed by atoms with Gasteiger partial charge in [0.1, 0.15) is 0 Å². The molecule has 15 heavy (non-hydrogen) atoms. The molecule has 3 nitrogen and oxygen atoms in total. The number of aliphatic hydroxyl groups excluding tert-OH is 1. The molecule has 3 atom stereocenters. The normalized spacial score (nSPS) is 33.9. The summed E-state index contributed by atoms with van der Waals surface area (Å²) >= 11 is 1.32. The SMILES string of the molecule is CC1CC(C)CC(C(O)c2cnns2)C1. The smallest absolute Gasteiger partial charge is 0.0942 e. The molecule has 0 bridgehead atoms. The molecule has 0 amide bonds. The van der Waals surface area contributed by atoms with Crippen LogP contribution in [-0.4, -0.2) is 14.7 Å². The van der Waals surface area contributed by atoms with Gasteiger partial charge in [-0.2, -0.15) is 0 Å². The van der Waals surface area contributed by atoms with Gasteiger partial charge in [-0.3, -0.25) is 0 Å². The monoisotopic (exact) mass is 226 g/mol. The molecule has 3 unspecified atom stereocenters. The third-order valence-electron chi connectivity index (χ3n) is 3.33. The molecule has 0 aliphatic heterocycles. The van der Waals surface area contributed by atoms with Crippen molar-refractivity contribution in [2.45, 2.75) is 39.2 Å². The van der Waals surface area contributed by atoms with E-state index in [4.69, 9.17) is 0 Å². The van der Waals surface area contributed by atoms with Gasteiger partial charge in [0.2, 0.25) is 0 Å². The van der Waals surface area contributed by atoms with E-state index in [-0.39, 0.29) is 6.10 Å². The summed E-state index contributed by atoms with van der Waals surface area (Å²) in [7, 11) is 0. The summed E-state index contributed by atoms with van der Waals surface area (Å²) in [6.07, 6.45) is 4.89. The van der Waals surface area contributed by atoms with Gasteiger partial charge in [0.15, 0.2) is 0 Å². The van der Waals surface area contributed by atoms with E-state index in [2.05, 4.69) is 23.4 Å². The Morgan fingerprint density at radius 3 is 2.53 bits per heavy atom. The van der Waals surface area contributed by atoms with Crippen LogP contribution in [0.2, 0.25) is 0 Å². The molecule has 1 aromatic heterocycles. The van der Waals surface area contributed by atoms with E-state index in [0.717, 1.165) is 29.6 Å². The van der Waals surface area contributed by atoms with Crippen LogP contribution in [0.5, 0.6) is 0 Å². The molecular formula is C11H18N2OS. The Hall–Kier alpha value is -0.480. The van der Waals surface area contributed by atoms with Crippen molar-refractivity contribution in [2.75, 3.05) is 0 Å². The largest absolute Gasteiger partial charge is 0.387 e. The topological polar surface area (TPSA) is 46.0 Å². The van der Waals surface area contributed by atoms with Crippen LogP contribution in [0.25, 0.3) is 0 Å². The lowest BCUT2D eigenvalue weighted by Gasteiger charge is -2.33. The average molecular weight is 226 g/mol. The standard InChI is InChI=1S/C11H18N2OS/c1-7-3-8(2)5-9(4-7)11(14)10-6-12-13-15-10/h6-9,11,14H,3-5H2,1-2H3. The van der Waals surface area contributed by atoms with Crippen LogP contribution < -0.4 is 0 Å². The lowest BCUT2D eigenvalue weighted by molar-refractivity contribution is 0.0575. The molecule has 1 saturated carbocycles. The number of hydrogen-bond acceptors (Lipinski definition) is 4. The minimum atomic E-state index is -0.352. The quantitative estimate of drug-likeness (QED) is 0.843. The molecule has 1 aliphatic rings. The second kappa shape index (κ2) is 4.58. The van der Waals surface area contributed by atoms with E-state index in [9.17, 15) is 5.11 Å². The summed E-state index contributed by atoms with van der Waals surface area (Å²) < 4.78 is 3.81. The summed E-state index contributed by atoms with van der Waals surface area (Å²) in [4.78, 5) is 0.918. The van der Waals surface area contributed by atoms with Crippen molar-refractivity contribution >= 4 is 11.5 Å². The van der Waals surface area contributed by atoms with Gasteiger partial charge in [0.05, 0.1) is 17.2 Å². The number of aliphatic hydroxyl groups is 1. The minimum Gasteiger partial charge on any atom is -0.387 e. The van der Waals surface area contributed by atoms with Crippen molar-refractivity contribution in [1.82, 2.24) is 9.59 Å². The third-order valence-corrected chi connectivity index (χ3v) is 4.07. The van der Waals surface area contributed by atoms with Crippen molar-refractivity contribution in [2.24, 2.45) is 17.8 Å². The van der Waals surface area contributed by atoms with Gasteiger partial charge in [0.25, 0.3) is 0 Å². The molecule has 0 aromatic carbocycles. The van der Waals surface area contributed by atoms with Crippen LogP contribution in [0.4, 0.5) is 0 Å². The van der Waals surface area contributed by atoms with E-state index < -0.39 is 0 Å². The molecule has 1 aliphatic carbocycles. The fraction of sp³-hybridized carbons (Fsp3) is 0.818. The molecule has 1 fully saturated rings. The Bertz CT molecular complexity index is 292. The predicted octanol–water partition coefficient (Wildman–Crippen LogP) is 2.64. The van der Waals surface area contributed by atoms with Gasteiger partial charge >= 0.3 is 0 Å². The molecule has 0 saturated heterocycles. The van der Waals surface area contributed by atoms with E-state index in [1.54, 1.807) is 6.20 Å². The van der Waals surface area contributed by atoms with Crippen LogP contribution in [0.1, 0.15) is 44.1 Å². The fourth-order valence-electron chi connectivity index (χ4n) is 2.80. The number of nitrogens with zero attached hydrogens (tertiary/aromatic N) is 2. The van der Waals surface area contributed by atoms with Gasteiger partial charge in [-0.1, -0.05) is 18.3 Å². The summed E-state index contributed by atoms with van der Waals surface area (Å²) in [6.45, 7) is 4.56. The average Bonchev–Trinajstić information content (AvgIpc) is 2.67. The van der Waals surface area contributed by atoms with Crippen LogP contribution in [0.15, 0.2) is 6.20 Å². The Balaban J connectivity index is 2.03. The van der Waals surface area contributed by atoms with Gasteiger partial charge in [0, 0.05) is 0 Å². The Morgan fingerprint density at radius 1 is 1.33 bits per heavy atom. The highest BCUT2D eigenvalue weighted by Gasteiger charge is 2.30.